The smallest absolute Gasteiger partial charge is 0.243 e. The highest BCUT2D eigenvalue weighted by Gasteiger charge is 2.23. The van der Waals surface area contributed by atoms with Crippen molar-refractivity contribution in [3.8, 4) is 0 Å². The van der Waals surface area contributed by atoms with Gasteiger partial charge in [0.25, 0.3) is 0 Å². The van der Waals surface area contributed by atoms with Crippen molar-refractivity contribution in [2.75, 3.05) is 18.8 Å². The molecular formula is C23H30N4O3S2. The summed E-state index contributed by atoms with van der Waals surface area (Å²) in [6.45, 7) is 9.10. The van der Waals surface area contributed by atoms with E-state index in [1.807, 2.05) is 62.6 Å². The maximum atomic E-state index is 12.9. The van der Waals surface area contributed by atoms with Crippen molar-refractivity contribution >= 4 is 38.7 Å². The number of aryl methyl sites for hydroxylation is 1. The summed E-state index contributed by atoms with van der Waals surface area (Å²) in [6, 6.07) is 14.8. The highest BCUT2D eigenvalue weighted by atomic mass is 32.2. The van der Waals surface area contributed by atoms with Crippen molar-refractivity contribution in [2.45, 2.75) is 50.3 Å². The fourth-order valence-corrected chi connectivity index (χ4v) is 5.98. The van der Waals surface area contributed by atoms with Crippen LogP contribution in [0, 0.1) is 0 Å². The molecule has 172 valence electrons. The molecule has 32 heavy (non-hydrogen) atoms. The summed E-state index contributed by atoms with van der Waals surface area (Å²) in [6.07, 6.45) is 0. The minimum absolute atomic E-state index is 0.0779. The predicted molar refractivity (Wildman–Crippen MR) is 129 cm³/mol. The van der Waals surface area contributed by atoms with Gasteiger partial charge in [0.1, 0.15) is 0 Å². The third kappa shape index (κ3) is 5.16. The molecule has 1 atom stereocenters. The lowest BCUT2D eigenvalue weighted by Crippen LogP contribution is -2.30. The van der Waals surface area contributed by atoms with Crippen LogP contribution in [0.25, 0.3) is 11.0 Å². The first-order valence-corrected chi connectivity index (χ1v) is 13.2. The Labute approximate surface area is 194 Å². The SMILES string of the molecule is CCN(CC)S(=O)(=O)c1ccc2c(c1)nc(SCC(=O)N[C@@H](C)c1ccccc1)n2CC. The highest BCUT2D eigenvalue weighted by Crippen LogP contribution is 2.27. The molecule has 9 heteroatoms. The Morgan fingerprint density at radius 2 is 1.81 bits per heavy atom. The molecule has 1 heterocycles. The van der Waals surface area contributed by atoms with E-state index in [1.165, 1.54) is 16.1 Å². The van der Waals surface area contributed by atoms with E-state index in [0.29, 0.717) is 30.3 Å². The Balaban J connectivity index is 1.77. The number of sulfonamides is 1. The van der Waals surface area contributed by atoms with E-state index in [-0.39, 0.29) is 22.6 Å². The second-order valence-electron chi connectivity index (χ2n) is 7.37. The Kier molecular flexibility index (Phi) is 7.97. The first-order chi connectivity index (χ1) is 15.3. The van der Waals surface area contributed by atoms with Crippen molar-refractivity contribution < 1.29 is 13.2 Å². The molecule has 0 bridgehead atoms. The van der Waals surface area contributed by atoms with Gasteiger partial charge < -0.3 is 9.88 Å². The second kappa shape index (κ2) is 10.5. The van der Waals surface area contributed by atoms with Crippen molar-refractivity contribution in [1.82, 2.24) is 19.2 Å². The van der Waals surface area contributed by atoms with E-state index in [4.69, 9.17) is 0 Å². The zero-order valence-corrected chi connectivity index (χ0v) is 20.5. The van der Waals surface area contributed by atoms with Gasteiger partial charge in [0.2, 0.25) is 15.9 Å². The number of nitrogens with one attached hydrogen (secondary N) is 1. The van der Waals surface area contributed by atoms with Crippen molar-refractivity contribution in [2.24, 2.45) is 0 Å². The Hall–Kier alpha value is -2.36. The van der Waals surface area contributed by atoms with E-state index >= 15 is 0 Å². The monoisotopic (exact) mass is 474 g/mol. The molecule has 0 saturated carbocycles. The van der Waals surface area contributed by atoms with Crippen LogP contribution in [0.1, 0.15) is 39.3 Å². The standard InChI is InChI=1S/C23H30N4O3S2/c1-5-26(6-2)32(29,30)19-13-14-21-20(15-19)25-23(27(21)7-3)31-16-22(28)24-17(4)18-11-9-8-10-12-18/h8-15,17H,5-7,16H2,1-4H3,(H,24,28)/t17-/m0/s1. The van der Waals surface area contributed by atoms with E-state index in [0.717, 1.165) is 11.1 Å². The summed E-state index contributed by atoms with van der Waals surface area (Å²) in [4.78, 5) is 17.4. The van der Waals surface area contributed by atoms with Gasteiger partial charge >= 0.3 is 0 Å². The molecule has 0 aliphatic rings. The number of aromatic nitrogens is 2. The molecule has 0 aliphatic carbocycles. The van der Waals surface area contributed by atoms with Crippen LogP contribution in [0.15, 0.2) is 58.6 Å². The van der Waals surface area contributed by atoms with Crippen LogP contribution < -0.4 is 5.32 Å². The number of carbonyl (C=O) groups excluding carboxylic acids is 1. The van der Waals surface area contributed by atoms with Crippen LogP contribution in [-0.4, -0.2) is 47.0 Å². The fourth-order valence-electron chi connectivity index (χ4n) is 3.61. The zero-order valence-electron chi connectivity index (χ0n) is 18.9. The topological polar surface area (TPSA) is 84.3 Å². The molecule has 7 nitrogen and oxygen atoms in total. The lowest BCUT2D eigenvalue weighted by molar-refractivity contribution is -0.119. The van der Waals surface area contributed by atoms with Gasteiger partial charge in [-0.15, -0.1) is 0 Å². The lowest BCUT2D eigenvalue weighted by Gasteiger charge is -2.18. The van der Waals surface area contributed by atoms with Crippen LogP contribution in [0.2, 0.25) is 0 Å². The van der Waals surface area contributed by atoms with Crippen LogP contribution >= 0.6 is 11.8 Å². The number of rotatable bonds is 10. The molecule has 2 aromatic carbocycles. The van der Waals surface area contributed by atoms with Crippen LogP contribution in [-0.2, 0) is 21.4 Å². The summed E-state index contributed by atoms with van der Waals surface area (Å²) in [5.74, 6) is 0.149. The van der Waals surface area contributed by atoms with E-state index < -0.39 is 10.0 Å². The molecule has 3 rings (SSSR count). The molecule has 1 N–H and O–H groups in total. The maximum Gasteiger partial charge on any atom is 0.243 e. The lowest BCUT2D eigenvalue weighted by atomic mass is 10.1. The van der Waals surface area contributed by atoms with Crippen LogP contribution in [0.3, 0.4) is 0 Å². The number of fused-ring (bicyclic) bond motifs is 1. The summed E-state index contributed by atoms with van der Waals surface area (Å²) in [7, 11) is -3.56. The Morgan fingerprint density at radius 1 is 1.12 bits per heavy atom. The molecular weight excluding hydrogens is 444 g/mol. The summed E-state index contributed by atoms with van der Waals surface area (Å²) in [5.41, 5.74) is 2.51. The van der Waals surface area contributed by atoms with Gasteiger partial charge in [-0.3, -0.25) is 4.79 Å². The number of benzene rings is 2. The Bertz CT molecular complexity index is 1170. The average molecular weight is 475 g/mol. The first kappa shape index (κ1) is 24.3. The van der Waals surface area contributed by atoms with Gasteiger partial charge in [-0.1, -0.05) is 55.9 Å². The Morgan fingerprint density at radius 3 is 2.44 bits per heavy atom. The van der Waals surface area contributed by atoms with E-state index in [9.17, 15) is 13.2 Å². The van der Waals surface area contributed by atoms with Crippen molar-refractivity contribution in [1.29, 1.82) is 0 Å². The molecule has 0 spiro atoms. The van der Waals surface area contributed by atoms with E-state index in [2.05, 4.69) is 10.3 Å². The molecule has 0 aliphatic heterocycles. The zero-order chi connectivity index (χ0) is 23.3. The maximum absolute atomic E-state index is 12.9. The van der Waals surface area contributed by atoms with Crippen molar-refractivity contribution in [3.05, 3.63) is 54.1 Å². The van der Waals surface area contributed by atoms with Gasteiger partial charge in [-0.25, -0.2) is 13.4 Å². The number of thioether (sulfide) groups is 1. The minimum atomic E-state index is -3.56. The first-order valence-electron chi connectivity index (χ1n) is 10.8. The molecule has 0 fully saturated rings. The third-order valence-electron chi connectivity index (χ3n) is 5.35. The molecule has 0 unspecified atom stereocenters. The van der Waals surface area contributed by atoms with Crippen LogP contribution in [0.4, 0.5) is 0 Å². The number of hydrogen-bond donors (Lipinski definition) is 1. The quantitative estimate of drug-likeness (QED) is 0.448. The van der Waals surface area contributed by atoms with Gasteiger partial charge in [0.15, 0.2) is 5.16 Å². The number of nitrogens with zero attached hydrogens (tertiary/aromatic N) is 3. The average Bonchev–Trinajstić information content (AvgIpc) is 3.15. The molecule has 3 aromatic rings. The van der Waals surface area contributed by atoms with Gasteiger partial charge in [0, 0.05) is 19.6 Å². The molecule has 1 aromatic heterocycles. The normalized spacial score (nSPS) is 12.9. The minimum Gasteiger partial charge on any atom is -0.349 e. The number of imidazole rings is 1. The van der Waals surface area contributed by atoms with Crippen molar-refractivity contribution in [3.63, 3.8) is 0 Å². The van der Waals surface area contributed by atoms with Gasteiger partial charge in [0.05, 0.1) is 27.7 Å². The number of carbonyl (C=O) groups is 1. The molecule has 1 amide bonds. The van der Waals surface area contributed by atoms with Gasteiger partial charge in [-0.05, 0) is 37.6 Å². The molecule has 0 saturated heterocycles. The number of amides is 1. The summed E-state index contributed by atoms with van der Waals surface area (Å²) in [5, 5.41) is 3.71. The predicted octanol–water partition coefficient (Wildman–Crippen LogP) is 4.06. The largest absolute Gasteiger partial charge is 0.349 e. The second-order valence-corrected chi connectivity index (χ2v) is 10.2. The highest BCUT2D eigenvalue weighted by molar-refractivity contribution is 7.99. The number of hydrogen-bond acceptors (Lipinski definition) is 5. The van der Waals surface area contributed by atoms with E-state index in [1.54, 1.807) is 18.2 Å². The fraction of sp³-hybridized carbons (Fsp3) is 0.391. The molecule has 0 radical (unpaired) electrons. The van der Waals surface area contributed by atoms with Crippen LogP contribution in [0.5, 0.6) is 0 Å². The van der Waals surface area contributed by atoms with Gasteiger partial charge in [-0.2, -0.15) is 4.31 Å². The third-order valence-corrected chi connectivity index (χ3v) is 8.38. The summed E-state index contributed by atoms with van der Waals surface area (Å²) < 4.78 is 29.2. The summed E-state index contributed by atoms with van der Waals surface area (Å²) >= 11 is 1.35.